The van der Waals surface area contributed by atoms with Gasteiger partial charge < -0.3 is 30.9 Å². The average molecular weight is 855 g/mol. The Kier molecular flexibility index (Phi) is 13.4. The Morgan fingerprint density at radius 3 is 1.70 bits per heavy atom. The van der Waals surface area contributed by atoms with Gasteiger partial charge in [0.15, 0.2) is 0 Å². The van der Waals surface area contributed by atoms with Crippen LogP contribution in [0.4, 0.5) is 11.4 Å². The molecule has 3 aliphatic heterocycles. The van der Waals surface area contributed by atoms with Crippen molar-refractivity contribution in [1.29, 1.82) is 0 Å². The Morgan fingerprint density at radius 2 is 1.18 bits per heavy atom. The highest BCUT2D eigenvalue weighted by atomic mass is 35.5. The molecule has 0 spiro atoms. The van der Waals surface area contributed by atoms with Crippen molar-refractivity contribution < 1.29 is 41.4 Å². The van der Waals surface area contributed by atoms with Crippen LogP contribution in [0.1, 0.15) is 76.8 Å². The maximum absolute atomic E-state index is 12.9. The number of sulfone groups is 2. The van der Waals surface area contributed by atoms with Crippen LogP contribution in [0.15, 0.2) is 93.4 Å². The maximum Gasteiger partial charge on any atom is 0.259 e. The van der Waals surface area contributed by atoms with E-state index in [-0.39, 0.29) is 33.3 Å². The minimum atomic E-state index is -3.45. The van der Waals surface area contributed by atoms with Crippen LogP contribution < -0.4 is 20.7 Å². The molecule has 4 aliphatic rings. The lowest BCUT2D eigenvalue weighted by molar-refractivity contribution is 0.101. The van der Waals surface area contributed by atoms with Crippen LogP contribution in [-0.4, -0.2) is 64.2 Å². The van der Waals surface area contributed by atoms with Crippen molar-refractivity contribution in [2.45, 2.75) is 66.9 Å². The summed E-state index contributed by atoms with van der Waals surface area (Å²) in [5.74, 6) is -0.736. The lowest BCUT2D eigenvalue weighted by Gasteiger charge is -2.25. The van der Waals surface area contributed by atoms with Crippen molar-refractivity contribution in [3.63, 3.8) is 0 Å². The number of benzene rings is 4. The van der Waals surface area contributed by atoms with Gasteiger partial charge in [-0.15, -0.1) is 0 Å². The molecule has 0 aromatic heterocycles. The highest BCUT2D eigenvalue weighted by Crippen LogP contribution is 2.32. The van der Waals surface area contributed by atoms with E-state index in [1.807, 2.05) is 0 Å². The van der Waals surface area contributed by atoms with E-state index in [2.05, 4.69) is 16.0 Å². The summed E-state index contributed by atoms with van der Waals surface area (Å²) in [6, 6.07) is 18.4. The summed E-state index contributed by atoms with van der Waals surface area (Å²) >= 11 is 11.9. The molecule has 0 unspecified atom stereocenters. The molecule has 0 atom stereocenters. The molecule has 300 valence electrons. The van der Waals surface area contributed by atoms with Gasteiger partial charge in [-0.05, 0) is 123 Å². The van der Waals surface area contributed by atoms with Crippen molar-refractivity contribution in [2.24, 2.45) is 0 Å². The van der Waals surface area contributed by atoms with Gasteiger partial charge >= 0.3 is 0 Å². The summed E-state index contributed by atoms with van der Waals surface area (Å²) in [6.07, 6.45) is 10.7. The summed E-state index contributed by atoms with van der Waals surface area (Å²) in [6.45, 7) is 1.74. The number of carbonyl (C=O) groups is 2. The van der Waals surface area contributed by atoms with E-state index in [0.717, 1.165) is 49.6 Å². The van der Waals surface area contributed by atoms with Crippen molar-refractivity contribution in [3.8, 4) is 11.5 Å². The van der Waals surface area contributed by atoms with Crippen LogP contribution in [0.25, 0.3) is 12.2 Å². The number of amides is 2. The van der Waals surface area contributed by atoms with Gasteiger partial charge in [-0.2, -0.15) is 0 Å². The summed E-state index contributed by atoms with van der Waals surface area (Å²) < 4.78 is 53.7. The van der Waals surface area contributed by atoms with Crippen molar-refractivity contribution in [1.82, 2.24) is 5.32 Å². The van der Waals surface area contributed by atoms with Crippen molar-refractivity contribution in [2.75, 3.05) is 23.7 Å². The van der Waals surface area contributed by atoms with Gasteiger partial charge in [-0.1, -0.05) is 54.6 Å². The third-order valence-electron chi connectivity index (χ3n) is 9.55. The zero-order valence-electron chi connectivity index (χ0n) is 30.6. The predicted molar refractivity (Wildman–Crippen MR) is 221 cm³/mol. The van der Waals surface area contributed by atoms with E-state index in [9.17, 15) is 31.5 Å². The fraction of sp³-hybridized carbons (Fsp3) is 0.268. The molecule has 12 nitrogen and oxygen atoms in total. The zero-order valence-corrected chi connectivity index (χ0v) is 33.7. The summed E-state index contributed by atoms with van der Waals surface area (Å²) in [7, 11) is -6.89. The number of carbonyl (C=O) groups excluding carboxylic acids is 2. The first-order valence-corrected chi connectivity index (χ1v) is 22.1. The number of phenolic OH excluding ortho intramolecular Hbond substituents is 1. The zero-order chi connectivity index (χ0) is 40.7. The van der Waals surface area contributed by atoms with Gasteiger partial charge in [0, 0.05) is 32.2 Å². The van der Waals surface area contributed by atoms with Crippen LogP contribution in [0.5, 0.6) is 11.5 Å². The molecule has 3 heterocycles. The molecule has 4 aromatic rings. The Bertz CT molecular complexity index is 2440. The minimum absolute atomic E-state index is 0.00832. The number of ether oxygens (including phenoxy) is 1. The number of aromatic hydroxyl groups is 1. The van der Waals surface area contributed by atoms with Gasteiger partial charge in [-0.25, -0.2) is 16.8 Å². The number of phenols is 1. The predicted octanol–water partition coefficient (Wildman–Crippen LogP) is 7.85. The van der Waals surface area contributed by atoms with Crippen LogP contribution in [0.2, 0.25) is 10.0 Å². The Hall–Kier alpha value is -4.70. The van der Waals surface area contributed by atoms with E-state index < -0.39 is 31.5 Å². The lowest BCUT2D eigenvalue weighted by Crippen LogP contribution is -2.34. The number of hydrogen-bond donors (Lipinski definition) is 5. The second-order valence-electron chi connectivity index (χ2n) is 13.8. The van der Waals surface area contributed by atoms with Crippen molar-refractivity contribution in [3.05, 3.63) is 116 Å². The molecule has 57 heavy (non-hydrogen) atoms. The molecule has 1 saturated heterocycles. The third-order valence-corrected chi connectivity index (χ3v) is 12.9. The molecule has 2 fully saturated rings. The summed E-state index contributed by atoms with van der Waals surface area (Å²) in [5, 5.41) is 30.2. The molecule has 1 aliphatic carbocycles. The number of rotatable bonds is 6. The molecular weight excluding hydrogens is 814 g/mol. The average Bonchev–Trinajstić information content (AvgIpc) is 3.67. The van der Waals surface area contributed by atoms with Gasteiger partial charge in [0.25, 0.3) is 11.8 Å². The van der Waals surface area contributed by atoms with E-state index in [1.54, 1.807) is 42.5 Å². The number of aliphatic hydroxyl groups is 1. The monoisotopic (exact) mass is 853 g/mol. The van der Waals surface area contributed by atoms with Crippen molar-refractivity contribution >= 4 is 78.2 Å². The molecule has 4 aromatic carbocycles. The highest BCUT2D eigenvalue weighted by molar-refractivity contribution is 7.95. The SMILES string of the molecule is O=C(Nc1ccc2c(c1)S(=O)(=O)C=C2)c1cc(Cl)ccc1O.O=C(Nc1ccc2c(c1)S(=O)(=O)C=C2)c1cc(Cl)ccc1OC1CCNCC1.OC1CCCCC1. The number of nitrogens with one attached hydrogen (secondary N) is 3. The molecule has 5 N–H and O–H groups in total. The largest absolute Gasteiger partial charge is 0.507 e. The first-order valence-electron chi connectivity index (χ1n) is 18.3. The highest BCUT2D eigenvalue weighted by Gasteiger charge is 2.24. The standard InChI is InChI=1S/C20H19ClN2O4S.C15H10ClNO4S.C6H12O/c21-14-2-4-18(27-16-5-8-22-9-6-16)17(11-14)20(24)23-15-3-1-13-7-10-28(25,26)19(13)12-15;16-10-2-4-13(18)12(7-10)15(19)17-11-3-1-9-5-6-22(20,21)14(9)8-11;7-6-4-2-1-3-5-6/h1-4,7,10-12,16,22H,5-6,8-9H2,(H,23,24);1-8,18H,(H,17,19);6-7H,1-5H2. The van der Waals surface area contributed by atoms with Gasteiger partial charge in [-0.3, -0.25) is 9.59 Å². The molecule has 8 rings (SSSR count). The number of halogens is 2. The smallest absolute Gasteiger partial charge is 0.259 e. The first kappa shape index (κ1) is 41.9. The number of anilines is 2. The number of fused-ring (bicyclic) bond motifs is 2. The van der Waals surface area contributed by atoms with E-state index >= 15 is 0 Å². The molecule has 0 radical (unpaired) electrons. The maximum atomic E-state index is 12.9. The second kappa shape index (κ2) is 18.3. The normalized spacial score (nSPS) is 17.5. The van der Waals surface area contributed by atoms with Gasteiger partial charge in [0.1, 0.15) is 17.6 Å². The first-order chi connectivity index (χ1) is 27.2. The molecular formula is C41H41Cl2N3O9S2. The van der Waals surface area contributed by atoms with E-state index in [0.29, 0.717) is 43.9 Å². The second-order valence-corrected chi connectivity index (χ2v) is 18.2. The van der Waals surface area contributed by atoms with Crippen LogP contribution in [0, 0.1) is 0 Å². The number of hydrogen-bond acceptors (Lipinski definition) is 10. The summed E-state index contributed by atoms with van der Waals surface area (Å²) in [5.41, 5.74) is 2.21. The van der Waals surface area contributed by atoms with Gasteiger partial charge in [0.2, 0.25) is 19.7 Å². The van der Waals surface area contributed by atoms with E-state index in [1.165, 1.54) is 61.7 Å². The lowest BCUT2D eigenvalue weighted by atomic mass is 9.98. The number of piperidine rings is 1. The van der Waals surface area contributed by atoms with Crippen LogP contribution in [0.3, 0.4) is 0 Å². The Labute approximate surface area is 341 Å². The fourth-order valence-electron chi connectivity index (χ4n) is 6.51. The molecule has 16 heteroatoms. The summed E-state index contributed by atoms with van der Waals surface area (Å²) in [4.78, 5) is 25.3. The molecule has 2 amide bonds. The number of aliphatic hydroxyl groups excluding tert-OH is 1. The van der Waals surface area contributed by atoms with E-state index in [4.69, 9.17) is 33.0 Å². The minimum Gasteiger partial charge on any atom is -0.507 e. The fourth-order valence-corrected chi connectivity index (χ4v) is 9.31. The quantitative estimate of drug-likeness (QED) is 0.128. The third kappa shape index (κ3) is 10.8. The molecule has 0 bridgehead atoms. The topological polar surface area (TPSA) is 188 Å². The Balaban J connectivity index is 0.000000168. The van der Waals surface area contributed by atoms with Crippen LogP contribution in [-0.2, 0) is 19.7 Å². The Morgan fingerprint density at radius 1 is 0.667 bits per heavy atom. The van der Waals surface area contributed by atoms with Gasteiger partial charge in [0.05, 0.1) is 27.0 Å². The molecule has 1 saturated carbocycles. The van der Waals surface area contributed by atoms with Crippen LogP contribution >= 0.6 is 23.2 Å².